The van der Waals surface area contributed by atoms with E-state index in [0.717, 1.165) is 6.42 Å². The third-order valence-corrected chi connectivity index (χ3v) is 3.49. The standard InChI is InChI=1S/C16H27N3O/c1-6-7-16(20)17-12-15(19(4)5)13-8-10-14(11-9-13)18(2)3/h8-11,15H,6-7,12H2,1-5H3,(H,17,20)/p+1/t15-/m1/s1. The number of anilines is 1. The highest BCUT2D eigenvalue weighted by Gasteiger charge is 2.18. The third-order valence-electron chi connectivity index (χ3n) is 3.49. The number of hydrogen-bond acceptors (Lipinski definition) is 2. The average molecular weight is 278 g/mol. The monoisotopic (exact) mass is 278 g/mol. The molecule has 0 unspecified atom stereocenters. The Labute approximate surface area is 122 Å². The highest BCUT2D eigenvalue weighted by molar-refractivity contribution is 5.75. The molecule has 1 aromatic rings. The van der Waals surface area contributed by atoms with Crippen LogP contribution in [0.25, 0.3) is 0 Å². The van der Waals surface area contributed by atoms with E-state index in [1.54, 1.807) is 0 Å². The summed E-state index contributed by atoms with van der Waals surface area (Å²) in [6, 6.07) is 8.84. The number of benzene rings is 1. The van der Waals surface area contributed by atoms with Crippen LogP contribution in [0.3, 0.4) is 0 Å². The lowest BCUT2D eigenvalue weighted by molar-refractivity contribution is -0.890. The predicted octanol–water partition coefficient (Wildman–Crippen LogP) is 0.855. The predicted molar refractivity (Wildman–Crippen MR) is 84.2 cm³/mol. The van der Waals surface area contributed by atoms with Crippen LogP contribution in [-0.4, -0.2) is 40.6 Å². The highest BCUT2D eigenvalue weighted by Crippen LogP contribution is 2.16. The molecule has 0 fully saturated rings. The molecule has 1 amide bonds. The Bertz CT molecular complexity index is 412. The van der Waals surface area contributed by atoms with Crippen molar-refractivity contribution in [3.05, 3.63) is 29.8 Å². The fourth-order valence-electron chi connectivity index (χ4n) is 2.19. The molecule has 0 aliphatic carbocycles. The molecule has 20 heavy (non-hydrogen) atoms. The summed E-state index contributed by atoms with van der Waals surface area (Å²) in [4.78, 5) is 15.0. The molecule has 0 aliphatic heterocycles. The van der Waals surface area contributed by atoms with Crippen LogP contribution >= 0.6 is 0 Å². The lowest BCUT2D eigenvalue weighted by Crippen LogP contribution is -3.07. The Morgan fingerprint density at radius 3 is 2.30 bits per heavy atom. The van der Waals surface area contributed by atoms with Crippen molar-refractivity contribution in [2.45, 2.75) is 25.8 Å². The molecule has 0 aliphatic rings. The number of carbonyl (C=O) groups excluding carboxylic acids is 1. The van der Waals surface area contributed by atoms with E-state index in [4.69, 9.17) is 0 Å². The van der Waals surface area contributed by atoms with Gasteiger partial charge in [0.25, 0.3) is 0 Å². The molecule has 0 saturated heterocycles. The summed E-state index contributed by atoms with van der Waals surface area (Å²) >= 11 is 0. The van der Waals surface area contributed by atoms with E-state index in [-0.39, 0.29) is 11.9 Å². The molecule has 0 aromatic heterocycles. The molecule has 0 bridgehead atoms. The summed E-state index contributed by atoms with van der Waals surface area (Å²) in [7, 11) is 8.32. The summed E-state index contributed by atoms with van der Waals surface area (Å²) in [6.07, 6.45) is 1.50. The van der Waals surface area contributed by atoms with Crippen LogP contribution in [0.1, 0.15) is 31.4 Å². The molecule has 4 nitrogen and oxygen atoms in total. The Morgan fingerprint density at radius 1 is 1.25 bits per heavy atom. The van der Waals surface area contributed by atoms with Gasteiger partial charge in [-0.1, -0.05) is 19.1 Å². The van der Waals surface area contributed by atoms with Crippen molar-refractivity contribution in [3.8, 4) is 0 Å². The SMILES string of the molecule is CCCC(=O)NC[C@H](c1ccc(N(C)C)cc1)[NH+](C)C. The first-order chi connectivity index (χ1) is 9.45. The maximum Gasteiger partial charge on any atom is 0.220 e. The lowest BCUT2D eigenvalue weighted by Gasteiger charge is -2.23. The maximum atomic E-state index is 11.6. The van der Waals surface area contributed by atoms with E-state index in [1.165, 1.54) is 16.2 Å². The van der Waals surface area contributed by atoms with Crippen LogP contribution in [0.15, 0.2) is 24.3 Å². The van der Waals surface area contributed by atoms with Crippen LogP contribution in [0, 0.1) is 0 Å². The van der Waals surface area contributed by atoms with Gasteiger partial charge < -0.3 is 15.1 Å². The number of nitrogens with one attached hydrogen (secondary N) is 2. The van der Waals surface area contributed by atoms with Gasteiger partial charge in [-0.25, -0.2) is 0 Å². The molecule has 4 heteroatoms. The number of nitrogens with zero attached hydrogens (tertiary/aromatic N) is 1. The highest BCUT2D eigenvalue weighted by atomic mass is 16.1. The lowest BCUT2D eigenvalue weighted by atomic mass is 10.1. The summed E-state index contributed by atoms with van der Waals surface area (Å²) < 4.78 is 0. The Balaban J connectivity index is 2.73. The Kier molecular flexibility index (Phi) is 6.52. The van der Waals surface area contributed by atoms with Crippen LogP contribution in [0.5, 0.6) is 0 Å². The number of hydrogen-bond donors (Lipinski definition) is 2. The zero-order valence-corrected chi connectivity index (χ0v) is 13.4. The van der Waals surface area contributed by atoms with Crippen molar-refractivity contribution in [1.29, 1.82) is 0 Å². The minimum Gasteiger partial charge on any atom is -0.378 e. The van der Waals surface area contributed by atoms with Crippen LogP contribution in [0.4, 0.5) is 5.69 Å². The van der Waals surface area contributed by atoms with Crippen molar-refractivity contribution >= 4 is 11.6 Å². The fourth-order valence-corrected chi connectivity index (χ4v) is 2.19. The van der Waals surface area contributed by atoms with Gasteiger partial charge in [0, 0.05) is 31.8 Å². The second-order valence-corrected chi connectivity index (χ2v) is 5.67. The fraction of sp³-hybridized carbons (Fsp3) is 0.562. The maximum absolute atomic E-state index is 11.6. The van der Waals surface area contributed by atoms with E-state index < -0.39 is 0 Å². The topological polar surface area (TPSA) is 36.8 Å². The van der Waals surface area contributed by atoms with Gasteiger partial charge in [-0.15, -0.1) is 0 Å². The number of rotatable bonds is 7. The van der Waals surface area contributed by atoms with Crippen molar-refractivity contribution in [1.82, 2.24) is 5.32 Å². The van der Waals surface area contributed by atoms with E-state index in [9.17, 15) is 4.79 Å². The van der Waals surface area contributed by atoms with Crippen LogP contribution in [-0.2, 0) is 4.79 Å². The molecule has 0 saturated carbocycles. The third kappa shape index (κ3) is 4.85. The first kappa shape index (κ1) is 16.5. The summed E-state index contributed by atoms with van der Waals surface area (Å²) in [6.45, 7) is 2.71. The normalized spacial score (nSPS) is 12.3. The second kappa shape index (κ2) is 7.90. The Morgan fingerprint density at radius 2 is 1.85 bits per heavy atom. The largest absolute Gasteiger partial charge is 0.378 e. The first-order valence-corrected chi connectivity index (χ1v) is 7.29. The van der Waals surface area contributed by atoms with E-state index in [1.807, 2.05) is 21.0 Å². The first-order valence-electron chi connectivity index (χ1n) is 7.29. The minimum absolute atomic E-state index is 0.142. The van der Waals surface area contributed by atoms with Gasteiger partial charge in [0.1, 0.15) is 6.04 Å². The Hall–Kier alpha value is -1.55. The van der Waals surface area contributed by atoms with Crippen molar-refractivity contribution in [3.63, 3.8) is 0 Å². The van der Waals surface area contributed by atoms with Gasteiger partial charge in [-0.2, -0.15) is 0 Å². The molecule has 112 valence electrons. The molecule has 2 N–H and O–H groups in total. The number of likely N-dealkylation sites (N-methyl/N-ethyl adjacent to an activating group) is 1. The number of amides is 1. The zero-order chi connectivity index (χ0) is 15.1. The van der Waals surface area contributed by atoms with Crippen molar-refractivity contribution < 1.29 is 9.69 Å². The second-order valence-electron chi connectivity index (χ2n) is 5.67. The number of carbonyl (C=O) groups is 1. The van der Waals surface area contributed by atoms with E-state index in [0.29, 0.717) is 13.0 Å². The van der Waals surface area contributed by atoms with Gasteiger partial charge in [0.05, 0.1) is 20.6 Å². The van der Waals surface area contributed by atoms with Gasteiger partial charge in [-0.3, -0.25) is 4.79 Å². The molecular weight excluding hydrogens is 250 g/mol. The average Bonchev–Trinajstić information content (AvgIpc) is 2.39. The van der Waals surface area contributed by atoms with Gasteiger partial charge in [0.2, 0.25) is 5.91 Å². The van der Waals surface area contributed by atoms with Crippen molar-refractivity contribution in [2.24, 2.45) is 0 Å². The van der Waals surface area contributed by atoms with Crippen LogP contribution < -0.4 is 15.1 Å². The minimum atomic E-state index is 0.142. The van der Waals surface area contributed by atoms with Gasteiger partial charge >= 0.3 is 0 Å². The van der Waals surface area contributed by atoms with Gasteiger partial charge in [-0.05, 0) is 18.6 Å². The van der Waals surface area contributed by atoms with Crippen LogP contribution in [0.2, 0.25) is 0 Å². The zero-order valence-electron chi connectivity index (χ0n) is 13.4. The summed E-state index contributed by atoms with van der Waals surface area (Å²) in [5.74, 6) is 0.142. The van der Waals surface area contributed by atoms with E-state index in [2.05, 4.69) is 48.6 Å². The molecule has 1 rings (SSSR count). The molecule has 0 spiro atoms. The molecular formula is C16H28N3O+. The molecule has 0 heterocycles. The molecule has 1 atom stereocenters. The van der Waals surface area contributed by atoms with E-state index >= 15 is 0 Å². The summed E-state index contributed by atoms with van der Waals surface area (Å²) in [5.41, 5.74) is 2.45. The van der Waals surface area contributed by atoms with Gasteiger partial charge in [0.15, 0.2) is 0 Å². The number of quaternary nitrogens is 1. The molecule has 1 aromatic carbocycles. The summed E-state index contributed by atoms with van der Waals surface area (Å²) in [5, 5.41) is 3.03. The van der Waals surface area contributed by atoms with Crippen molar-refractivity contribution in [2.75, 3.05) is 39.6 Å². The quantitative estimate of drug-likeness (QED) is 0.776. The molecule has 0 radical (unpaired) electrons. The smallest absolute Gasteiger partial charge is 0.220 e.